The predicted molar refractivity (Wildman–Crippen MR) is 65.3 cm³/mol. The second-order valence-electron chi connectivity index (χ2n) is 4.35. The van der Waals surface area contributed by atoms with Gasteiger partial charge < -0.3 is 19.9 Å². The topological polar surface area (TPSA) is 50.7 Å². The van der Waals surface area contributed by atoms with Gasteiger partial charge in [-0.05, 0) is 31.0 Å². The van der Waals surface area contributed by atoms with E-state index in [0.29, 0.717) is 18.3 Å². The normalized spacial score (nSPS) is 16.9. The summed E-state index contributed by atoms with van der Waals surface area (Å²) < 4.78 is 10.5. The summed E-state index contributed by atoms with van der Waals surface area (Å²) in [6, 6.07) is 5.96. The fourth-order valence-electron chi connectivity index (χ4n) is 1.70. The Balaban J connectivity index is 1.97. The van der Waals surface area contributed by atoms with Gasteiger partial charge in [0.1, 0.15) is 0 Å². The van der Waals surface area contributed by atoms with Crippen molar-refractivity contribution in [1.82, 2.24) is 5.32 Å². The Bertz CT molecular complexity index is 381. The van der Waals surface area contributed by atoms with Gasteiger partial charge in [0, 0.05) is 12.6 Å². The standard InChI is InChI=1S/C13H19NO3/c1-3-9(2)14-7-11(15)10-4-5-12-13(6-10)17-8-16-12/h4-6,9,11,14-15H,3,7-8H2,1-2H3. The summed E-state index contributed by atoms with van der Waals surface area (Å²) in [5, 5.41) is 13.3. The molecule has 0 bridgehead atoms. The maximum absolute atomic E-state index is 10.0. The van der Waals surface area contributed by atoms with Gasteiger partial charge in [-0.2, -0.15) is 0 Å². The minimum atomic E-state index is -0.515. The second kappa shape index (κ2) is 5.38. The largest absolute Gasteiger partial charge is 0.454 e. The molecule has 1 aliphatic heterocycles. The molecule has 17 heavy (non-hydrogen) atoms. The number of fused-ring (bicyclic) bond motifs is 1. The predicted octanol–water partition coefficient (Wildman–Crippen LogP) is 1.84. The molecule has 1 aromatic rings. The van der Waals surface area contributed by atoms with E-state index in [0.717, 1.165) is 17.7 Å². The summed E-state index contributed by atoms with van der Waals surface area (Å²) in [7, 11) is 0. The van der Waals surface area contributed by atoms with Gasteiger partial charge in [-0.3, -0.25) is 0 Å². The molecule has 0 amide bonds. The fraction of sp³-hybridized carbons (Fsp3) is 0.538. The SMILES string of the molecule is CCC(C)NCC(O)c1ccc2c(c1)OCO2. The minimum absolute atomic E-state index is 0.264. The zero-order valence-corrected chi connectivity index (χ0v) is 10.3. The number of ether oxygens (including phenoxy) is 2. The lowest BCUT2D eigenvalue weighted by atomic mass is 10.1. The van der Waals surface area contributed by atoms with Gasteiger partial charge in [-0.1, -0.05) is 13.0 Å². The first-order valence-corrected chi connectivity index (χ1v) is 6.01. The van der Waals surface area contributed by atoms with Crippen LogP contribution in [0.25, 0.3) is 0 Å². The lowest BCUT2D eigenvalue weighted by molar-refractivity contribution is 0.167. The number of aliphatic hydroxyl groups excluding tert-OH is 1. The van der Waals surface area contributed by atoms with Crippen LogP contribution in [0, 0.1) is 0 Å². The first kappa shape index (κ1) is 12.2. The van der Waals surface area contributed by atoms with Crippen molar-refractivity contribution in [1.29, 1.82) is 0 Å². The van der Waals surface area contributed by atoms with E-state index in [9.17, 15) is 5.11 Å². The lowest BCUT2D eigenvalue weighted by Gasteiger charge is -2.16. The highest BCUT2D eigenvalue weighted by Gasteiger charge is 2.16. The van der Waals surface area contributed by atoms with E-state index < -0.39 is 6.10 Å². The average molecular weight is 237 g/mol. The zero-order chi connectivity index (χ0) is 12.3. The van der Waals surface area contributed by atoms with E-state index in [1.54, 1.807) is 0 Å². The quantitative estimate of drug-likeness (QED) is 0.820. The molecule has 0 saturated heterocycles. The highest BCUT2D eigenvalue weighted by molar-refractivity contribution is 5.45. The molecular formula is C13H19NO3. The molecule has 4 nitrogen and oxygen atoms in total. The number of nitrogens with one attached hydrogen (secondary N) is 1. The molecule has 1 aliphatic rings. The van der Waals surface area contributed by atoms with E-state index in [-0.39, 0.29) is 6.79 Å². The molecule has 0 aliphatic carbocycles. The molecular weight excluding hydrogens is 218 g/mol. The molecule has 2 unspecified atom stereocenters. The lowest BCUT2D eigenvalue weighted by Crippen LogP contribution is -2.29. The maximum Gasteiger partial charge on any atom is 0.231 e. The number of hydrogen-bond acceptors (Lipinski definition) is 4. The minimum Gasteiger partial charge on any atom is -0.454 e. The molecule has 0 spiro atoms. The van der Waals surface area contributed by atoms with Gasteiger partial charge in [-0.15, -0.1) is 0 Å². The van der Waals surface area contributed by atoms with Crippen LogP contribution in [0.4, 0.5) is 0 Å². The van der Waals surface area contributed by atoms with Crippen LogP contribution in [0.3, 0.4) is 0 Å². The van der Waals surface area contributed by atoms with Crippen LogP contribution in [0.2, 0.25) is 0 Å². The van der Waals surface area contributed by atoms with Crippen molar-refractivity contribution >= 4 is 0 Å². The van der Waals surface area contributed by atoms with Crippen molar-refractivity contribution in [3.05, 3.63) is 23.8 Å². The Morgan fingerprint density at radius 1 is 1.35 bits per heavy atom. The molecule has 2 atom stereocenters. The van der Waals surface area contributed by atoms with E-state index in [4.69, 9.17) is 9.47 Å². The third-order valence-electron chi connectivity index (χ3n) is 3.05. The molecule has 0 fully saturated rings. The van der Waals surface area contributed by atoms with Gasteiger partial charge >= 0.3 is 0 Å². The molecule has 1 aromatic carbocycles. The molecule has 94 valence electrons. The average Bonchev–Trinajstić information content (AvgIpc) is 2.82. The molecule has 4 heteroatoms. The van der Waals surface area contributed by atoms with Crippen molar-refractivity contribution in [2.45, 2.75) is 32.4 Å². The van der Waals surface area contributed by atoms with Crippen molar-refractivity contribution in [2.75, 3.05) is 13.3 Å². The van der Waals surface area contributed by atoms with Gasteiger partial charge in [-0.25, -0.2) is 0 Å². The van der Waals surface area contributed by atoms with Crippen molar-refractivity contribution in [3.63, 3.8) is 0 Å². The van der Waals surface area contributed by atoms with Crippen molar-refractivity contribution in [3.8, 4) is 11.5 Å². The smallest absolute Gasteiger partial charge is 0.231 e. The second-order valence-corrected chi connectivity index (χ2v) is 4.35. The number of rotatable bonds is 5. The molecule has 0 aromatic heterocycles. The van der Waals surface area contributed by atoms with Crippen molar-refractivity contribution < 1.29 is 14.6 Å². The summed E-state index contributed by atoms with van der Waals surface area (Å²) in [5.41, 5.74) is 0.852. The van der Waals surface area contributed by atoms with Crippen LogP contribution >= 0.6 is 0 Å². The van der Waals surface area contributed by atoms with Crippen LogP contribution in [-0.4, -0.2) is 24.5 Å². The van der Waals surface area contributed by atoms with Crippen LogP contribution in [0.15, 0.2) is 18.2 Å². The summed E-state index contributed by atoms with van der Waals surface area (Å²) >= 11 is 0. The summed E-state index contributed by atoms with van der Waals surface area (Å²) in [4.78, 5) is 0. The van der Waals surface area contributed by atoms with Crippen LogP contribution < -0.4 is 14.8 Å². The highest BCUT2D eigenvalue weighted by atomic mass is 16.7. The number of benzene rings is 1. The Morgan fingerprint density at radius 3 is 2.88 bits per heavy atom. The van der Waals surface area contributed by atoms with Gasteiger partial charge in [0.25, 0.3) is 0 Å². The highest BCUT2D eigenvalue weighted by Crippen LogP contribution is 2.34. The Hall–Kier alpha value is -1.26. The third-order valence-corrected chi connectivity index (χ3v) is 3.05. The first-order valence-electron chi connectivity index (χ1n) is 6.01. The molecule has 0 saturated carbocycles. The third kappa shape index (κ3) is 2.90. The van der Waals surface area contributed by atoms with Crippen LogP contribution in [0.1, 0.15) is 31.9 Å². The van der Waals surface area contributed by atoms with E-state index in [2.05, 4.69) is 19.2 Å². The molecule has 1 heterocycles. The number of hydrogen-bond donors (Lipinski definition) is 2. The summed E-state index contributed by atoms with van der Waals surface area (Å²) in [6.07, 6.45) is 0.534. The molecule has 2 N–H and O–H groups in total. The fourth-order valence-corrected chi connectivity index (χ4v) is 1.70. The molecule has 0 radical (unpaired) electrons. The van der Waals surface area contributed by atoms with Crippen LogP contribution in [0.5, 0.6) is 11.5 Å². The summed E-state index contributed by atoms with van der Waals surface area (Å²) in [5.74, 6) is 1.46. The van der Waals surface area contributed by atoms with Crippen LogP contribution in [-0.2, 0) is 0 Å². The van der Waals surface area contributed by atoms with Gasteiger partial charge in [0.2, 0.25) is 6.79 Å². The first-order chi connectivity index (χ1) is 8.20. The van der Waals surface area contributed by atoms with Gasteiger partial charge in [0.05, 0.1) is 6.10 Å². The van der Waals surface area contributed by atoms with E-state index in [1.165, 1.54) is 0 Å². The van der Waals surface area contributed by atoms with Gasteiger partial charge in [0.15, 0.2) is 11.5 Å². The Kier molecular flexibility index (Phi) is 3.86. The van der Waals surface area contributed by atoms with E-state index >= 15 is 0 Å². The maximum atomic E-state index is 10.0. The Labute approximate surface area is 102 Å². The van der Waals surface area contributed by atoms with E-state index in [1.807, 2.05) is 18.2 Å². The zero-order valence-electron chi connectivity index (χ0n) is 10.3. The monoisotopic (exact) mass is 237 g/mol. The molecule has 2 rings (SSSR count). The number of aliphatic hydroxyl groups is 1. The van der Waals surface area contributed by atoms with Crippen molar-refractivity contribution in [2.24, 2.45) is 0 Å². The summed E-state index contributed by atoms with van der Waals surface area (Å²) in [6.45, 7) is 5.03. The Morgan fingerprint density at radius 2 is 2.12 bits per heavy atom.